The summed E-state index contributed by atoms with van der Waals surface area (Å²) in [5.74, 6) is 0.221. The van der Waals surface area contributed by atoms with Crippen LogP contribution in [-0.4, -0.2) is 49.6 Å². The average Bonchev–Trinajstić information content (AvgIpc) is 3.00. The van der Waals surface area contributed by atoms with Crippen LogP contribution in [0.15, 0.2) is 36.5 Å². The number of alkyl halides is 2. The molecule has 0 bridgehead atoms. The molecular formula is C25H28F2N2O5S. The Morgan fingerprint density at radius 3 is 2.49 bits per heavy atom. The van der Waals surface area contributed by atoms with Crippen molar-refractivity contribution in [1.82, 2.24) is 4.98 Å². The lowest BCUT2D eigenvalue weighted by Crippen LogP contribution is -2.33. The van der Waals surface area contributed by atoms with Gasteiger partial charge >= 0.3 is 0 Å². The monoisotopic (exact) mass is 506 g/mol. The van der Waals surface area contributed by atoms with E-state index in [1.54, 1.807) is 32.0 Å². The summed E-state index contributed by atoms with van der Waals surface area (Å²) < 4.78 is 53.7. The van der Waals surface area contributed by atoms with E-state index in [1.165, 1.54) is 23.2 Å². The van der Waals surface area contributed by atoms with Crippen molar-refractivity contribution in [3.63, 3.8) is 0 Å². The molecule has 10 heteroatoms. The molecule has 1 aromatic heterocycles. The molecule has 3 heterocycles. The molecule has 0 N–H and O–H groups in total. The topological polar surface area (TPSA) is 93.6 Å². The van der Waals surface area contributed by atoms with Crippen molar-refractivity contribution in [3.05, 3.63) is 47.7 Å². The number of amides is 1. The van der Waals surface area contributed by atoms with Gasteiger partial charge in [0.1, 0.15) is 28.0 Å². The fourth-order valence-corrected chi connectivity index (χ4v) is 6.42. The summed E-state index contributed by atoms with van der Waals surface area (Å²) in [6, 6.07) is 7.94. The van der Waals surface area contributed by atoms with Crippen LogP contribution in [-0.2, 0) is 20.0 Å². The number of nitrogens with zero attached hydrogens (tertiary/aromatic N) is 2. The number of aromatic nitrogens is 1. The Morgan fingerprint density at radius 2 is 1.83 bits per heavy atom. The van der Waals surface area contributed by atoms with Gasteiger partial charge in [-0.15, -0.1) is 0 Å². The highest BCUT2D eigenvalue weighted by Gasteiger charge is 2.45. The SMILES string of the molecule is CC1(CC(=O)c2ccc3c(c2)C(C)(C)C(=O)N3c2cc(OCC(F)F)ccn2)CCS(=O)(=O)CC1. The van der Waals surface area contributed by atoms with Crippen molar-refractivity contribution < 1.29 is 31.5 Å². The molecule has 1 saturated heterocycles. The predicted molar refractivity (Wildman–Crippen MR) is 127 cm³/mol. The van der Waals surface area contributed by atoms with Crippen molar-refractivity contribution in [3.8, 4) is 5.75 Å². The number of benzene rings is 1. The van der Waals surface area contributed by atoms with Crippen LogP contribution in [0.1, 0.15) is 56.0 Å². The number of fused-ring (bicyclic) bond motifs is 1. The maximum atomic E-state index is 13.4. The van der Waals surface area contributed by atoms with Crippen LogP contribution in [0.4, 0.5) is 20.3 Å². The fraction of sp³-hybridized carbons (Fsp3) is 0.480. The van der Waals surface area contributed by atoms with Crippen LogP contribution < -0.4 is 9.64 Å². The second-order valence-corrected chi connectivity index (χ2v) is 12.4. The molecule has 1 amide bonds. The third-order valence-corrected chi connectivity index (χ3v) is 8.57. The van der Waals surface area contributed by atoms with E-state index in [0.29, 0.717) is 29.7 Å². The molecule has 35 heavy (non-hydrogen) atoms. The fourth-order valence-electron chi connectivity index (χ4n) is 4.60. The third-order valence-electron chi connectivity index (χ3n) is 6.91. The lowest BCUT2D eigenvalue weighted by Gasteiger charge is -2.32. The number of halogens is 2. The Labute approximate surface area is 203 Å². The highest BCUT2D eigenvalue weighted by Crippen LogP contribution is 2.46. The third kappa shape index (κ3) is 5.07. The Hall–Kier alpha value is -2.88. The Bertz CT molecular complexity index is 1260. The second-order valence-electron chi connectivity index (χ2n) is 10.1. The molecule has 188 valence electrons. The quantitative estimate of drug-likeness (QED) is 0.515. The van der Waals surface area contributed by atoms with Crippen molar-refractivity contribution in [2.75, 3.05) is 23.0 Å². The summed E-state index contributed by atoms with van der Waals surface area (Å²) in [4.78, 5) is 32.2. The van der Waals surface area contributed by atoms with E-state index >= 15 is 0 Å². The first kappa shape index (κ1) is 25.2. The van der Waals surface area contributed by atoms with Gasteiger partial charge in [-0.05, 0) is 61.9 Å². The molecule has 2 aliphatic rings. The molecule has 0 spiro atoms. The molecule has 2 aliphatic heterocycles. The minimum atomic E-state index is -3.03. The second kappa shape index (κ2) is 8.96. The number of sulfone groups is 1. The number of rotatable bonds is 7. The number of Topliss-reactive ketones (excluding diaryl/α,β-unsaturated/α-hetero) is 1. The highest BCUT2D eigenvalue weighted by molar-refractivity contribution is 7.91. The van der Waals surface area contributed by atoms with Crippen LogP contribution in [0.25, 0.3) is 0 Å². The number of hydrogen-bond donors (Lipinski definition) is 0. The molecule has 0 saturated carbocycles. The Balaban J connectivity index is 1.61. The minimum absolute atomic E-state index is 0.0878. The lowest BCUT2D eigenvalue weighted by molar-refractivity contribution is -0.121. The Morgan fingerprint density at radius 1 is 1.14 bits per heavy atom. The van der Waals surface area contributed by atoms with Crippen LogP contribution >= 0.6 is 0 Å². The van der Waals surface area contributed by atoms with Gasteiger partial charge in [0, 0.05) is 24.2 Å². The van der Waals surface area contributed by atoms with Crippen LogP contribution in [0, 0.1) is 5.41 Å². The minimum Gasteiger partial charge on any atom is -0.487 e. The van der Waals surface area contributed by atoms with E-state index < -0.39 is 28.3 Å². The summed E-state index contributed by atoms with van der Waals surface area (Å²) in [5.41, 5.74) is 0.343. The summed E-state index contributed by atoms with van der Waals surface area (Å²) in [6.07, 6.45) is -0.128. The molecule has 7 nitrogen and oxygen atoms in total. The van der Waals surface area contributed by atoms with Gasteiger partial charge in [0.15, 0.2) is 5.78 Å². The normalized spacial score (nSPS) is 20.1. The van der Waals surface area contributed by atoms with Gasteiger partial charge < -0.3 is 4.74 Å². The number of carbonyl (C=O) groups excluding carboxylic acids is 2. The summed E-state index contributed by atoms with van der Waals surface area (Å²) >= 11 is 0. The van der Waals surface area contributed by atoms with E-state index in [1.807, 2.05) is 6.92 Å². The van der Waals surface area contributed by atoms with Crippen molar-refractivity contribution in [2.24, 2.45) is 5.41 Å². The summed E-state index contributed by atoms with van der Waals surface area (Å²) in [6.45, 7) is 4.69. The van der Waals surface area contributed by atoms with Gasteiger partial charge in [-0.25, -0.2) is 22.2 Å². The van der Waals surface area contributed by atoms with Gasteiger partial charge in [-0.2, -0.15) is 0 Å². The lowest BCUT2D eigenvalue weighted by atomic mass is 9.78. The van der Waals surface area contributed by atoms with Crippen molar-refractivity contribution in [1.29, 1.82) is 0 Å². The maximum absolute atomic E-state index is 13.4. The molecular weight excluding hydrogens is 478 g/mol. The van der Waals surface area contributed by atoms with Gasteiger partial charge in [0.05, 0.1) is 22.6 Å². The Kier molecular flexibility index (Phi) is 6.46. The smallest absolute Gasteiger partial charge is 0.272 e. The van der Waals surface area contributed by atoms with Crippen LogP contribution in [0.3, 0.4) is 0 Å². The van der Waals surface area contributed by atoms with Gasteiger partial charge in [-0.3, -0.25) is 14.5 Å². The van der Waals surface area contributed by atoms with Crippen molar-refractivity contribution in [2.45, 2.75) is 51.9 Å². The molecule has 2 aromatic rings. The van der Waals surface area contributed by atoms with Crippen LogP contribution in [0.5, 0.6) is 5.75 Å². The molecule has 0 radical (unpaired) electrons. The van der Waals surface area contributed by atoms with Gasteiger partial charge in [0.2, 0.25) is 5.91 Å². The first-order valence-electron chi connectivity index (χ1n) is 11.4. The molecule has 1 fully saturated rings. The largest absolute Gasteiger partial charge is 0.487 e. The van der Waals surface area contributed by atoms with E-state index in [2.05, 4.69) is 4.98 Å². The van der Waals surface area contributed by atoms with E-state index in [4.69, 9.17) is 4.74 Å². The number of anilines is 2. The average molecular weight is 507 g/mol. The number of pyridine rings is 1. The zero-order valence-electron chi connectivity index (χ0n) is 19.9. The standard InChI is InChI=1S/C25H28F2N2O5S/c1-24(2)18-12-16(20(30)14-25(3)7-10-35(32,33)11-8-25)4-5-19(18)29(23(24)31)22-13-17(6-9-28-22)34-15-21(26)27/h4-6,9,12-13,21H,7-8,10-11,14-15H2,1-3H3. The van der Waals surface area contributed by atoms with E-state index in [9.17, 15) is 26.8 Å². The first-order chi connectivity index (χ1) is 16.3. The highest BCUT2D eigenvalue weighted by atomic mass is 32.2. The predicted octanol–water partition coefficient (Wildman–Crippen LogP) is 4.47. The van der Waals surface area contributed by atoms with Crippen LogP contribution in [0.2, 0.25) is 0 Å². The first-order valence-corrected chi connectivity index (χ1v) is 13.2. The number of ether oxygens (including phenoxy) is 1. The zero-order chi connectivity index (χ0) is 25.6. The number of ketones is 1. The molecule has 4 rings (SSSR count). The van der Waals surface area contributed by atoms with Gasteiger partial charge in [0.25, 0.3) is 6.43 Å². The molecule has 0 unspecified atom stereocenters. The van der Waals surface area contributed by atoms with E-state index in [0.717, 1.165) is 0 Å². The van der Waals surface area contributed by atoms with Crippen molar-refractivity contribution >= 4 is 33.0 Å². The number of carbonyl (C=O) groups is 2. The van der Waals surface area contributed by atoms with Gasteiger partial charge in [-0.1, -0.05) is 6.92 Å². The summed E-state index contributed by atoms with van der Waals surface area (Å²) in [5, 5.41) is 0. The zero-order valence-corrected chi connectivity index (χ0v) is 20.7. The number of hydrogen-bond acceptors (Lipinski definition) is 6. The van der Waals surface area contributed by atoms with E-state index in [-0.39, 0.29) is 46.6 Å². The maximum Gasteiger partial charge on any atom is 0.272 e. The summed E-state index contributed by atoms with van der Waals surface area (Å²) in [7, 11) is -3.03. The molecule has 0 aliphatic carbocycles. The molecule has 1 aromatic carbocycles. The molecule has 0 atom stereocenters.